The van der Waals surface area contributed by atoms with E-state index in [1.54, 1.807) is 0 Å². The normalized spacial score (nSPS) is 21.1. The van der Waals surface area contributed by atoms with Crippen molar-refractivity contribution in [1.82, 2.24) is 25.0 Å². The Morgan fingerprint density at radius 2 is 2.21 bits per heavy atom. The lowest BCUT2D eigenvalue weighted by Crippen LogP contribution is -2.53. The van der Waals surface area contributed by atoms with E-state index in [4.69, 9.17) is 0 Å². The van der Waals surface area contributed by atoms with E-state index in [2.05, 4.69) is 33.9 Å². The summed E-state index contributed by atoms with van der Waals surface area (Å²) in [6, 6.07) is 0.395. The zero-order valence-electron chi connectivity index (χ0n) is 12.2. The molecule has 1 saturated heterocycles. The fraction of sp³-hybridized carbons (Fsp3) is 0.769. The van der Waals surface area contributed by atoms with Crippen LogP contribution in [0, 0.1) is 0 Å². The van der Waals surface area contributed by atoms with Crippen LogP contribution >= 0.6 is 0 Å². The molecule has 1 amide bonds. The van der Waals surface area contributed by atoms with Gasteiger partial charge >= 0.3 is 0 Å². The number of hydrogen-bond donors (Lipinski definition) is 1. The Hall–Kier alpha value is -1.43. The minimum Gasteiger partial charge on any atom is -0.333 e. The summed E-state index contributed by atoms with van der Waals surface area (Å²) in [4.78, 5) is 20.8. The molecule has 0 bridgehead atoms. The molecule has 1 unspecified atom stereocenters. The van der Waals surface area contributed by atoms with Crippen LogP contribution in [-0.4, -0.2) is 63.1 Å². The Labute approximate surface area is 114 Å². The Kier molecular flexibility index (Phi) is 4.19. The van der Waals surface area contributed by atoms with Crippen LogP contribution in [0.5, 0.6) is 0 Å². The first kappa shape index (κ1) is 14.0. The van der Waals surface area contributed by atoms with Gasteiger partial charge < -0.3 is 4.90 Å². The molecule has 1 atom stereocenters. The molecule has 1 aliphatic rings. The van der Waals surface area contributed by atoms with Gasteiger partial charge in [-0.3, -0.25) is 14.8 Å². The highest BCUT2D eigenvalue weighted by atomic mass is 16.2. The van der Waals surface area contributed by atoms with Gasteiger partial charge in [-0.2, -0.15) is 0 Å². The highest BCUT2D eigenvalue weighted by Crippen LogP contribution is 2.13. The predicted octanol–water partition coefficient (Wildman–Crippen LogP) is 1.09. The highest BCUT2D eigenvalue weighted by Gasteiger charge is 2.28. The van der Waals surface area contributed by atoms with Gasteiger partial charge in [0, 0.05) is 31.6 Å². The van der Waals surface area contributed by atoms with Gasteiger partial charge in [-0.1, -0.05) is 20.8 Å². The fourth-order valence-corrected chi connectivity index (χ4v) is 2.42. The van der Waals surface area contributed by atoms with Crippen LogP contribution in [0.1, 0.15) is 50.1 Å². The molecule has 106 valence electrons. The summed E-state index contributed by atoms with van der Waals surface area (Å²) in [5.74, 6) is 1.25. The van der Waals surface area contributed by atoms with E-state index in [1.165, 1.54) is 0 Å². The number of hydrogen-bond acceptors (Lipinski definition) is 4. The number of piperazine rings is 1. The van der Waals surface area contributed by atoms with Gasteiger partial charge in [-0.25, -0.2) is 4.98 Å². The Morgan fingerprint density at radius 1 is 1.47 bits per heavy atom. The van der Waals surface area contributed by atoms with Crippen LogP contribution in [0.2, 0.25) is 0 Å². The molecule has 0 saturated carbocycles. The summed E-state index contributed by atoms with van der Waals surface area (Å²) >= 11 is 0. The molecule has 1 aliphatic heterocycles. The molecule has 1 aromatic rings. The van der Waals surface area contributed by atoms with Gasteiger partial charge in [0.25, 0.3) is 5.91 Å². The molecular weight excluding hydrogens is 242 g/mol. The van der Waals surface area contributed by atoms with Crippen molar-refractivity contribution >= 4 is 5.91 Å². The molecule has 0 spiro atoms. The second kappa shape index (κ2) is 5.69. The van der Waals surface area contributed by atoms with Crippen LogP contribution in [-0.2, 0) is 0 Å². The zero-order chi connectivity index (χ0) is 14.0. The molecule has 2 heterocycles. The van der Waals surface area contributed by atoms with Crippen LogP contribution < -0.4 is 0 Å². The summed E-state index contributed by atoms with van der Waals surface area (Å²) < 4.78 is 0. The monoisotopic (exact) mass is 265 g/mol. The van der Waals surface area contributed by atoms with Crippen molar-refractivity contribution < 1.29 is 4.79 Å². The number of likely N-dealkylation sites (N-methyl/N-ethyl adjacent to an activating group) is 1. The first-order valence-corrected chi connectivity index (χ1v) is 6.98. The molecule has 1 fully saturated rings. The SMILES string of the molecule is CCN1CCN(C(=O)c2n[nH]c(C(C)C)n2)CC1C. The third-order valence-electron chi connectivity index (χ3n) is 3.70. The average Bonchev–Trinajstić information content (AvgIpc) is 2.87. The molecular formula is C13H23N5O. The summed E-state index contributed by atoms with van der Waals surface area (Å²) in [6.45, 7) is 11.8. The molecule has 2 rings (SSSR count). The van der Waals surface area contributed by atoms with E-state index in [0.717, 1.165) is 32.0 Å². The molecule has 6 nitrogen and oxygen atoms in total. The molecule has 0 aliphatic carbocycles. The maximum atomic E-state index is 12.3. The van der Waals surface area contributed by atoms with Crippen molar-refractivity contribution in [2.24, 2.45) is 0 Å². The first-order valence-electron chi connectivity index (χ1n) is 6.98. The summed E-state index contributed by atoms with van der Waals surface area (Å²) in [6.07, 6.45) is 0. The van der Waals surface area contributed by atoms with Crippen molar-refractivity contribution in [2.75, 3.05) is 26.2 Å². The van der Waals surface area contributed by atoms with Crippen molar-refractivity contribution in [3.8, 4) is 0 Å². The Morgan fingerprint density at radius 3 is 2.74 bits per heavy atom. The van der Waals surface area contributed by atoms with Crippen LogP contribution in [0.25, 0.3) is 0 Å². The number of aromatic nitrogens is 3. The number of H-pyrrole nitrogens is 1. The third kappa shape index (κ3) is 2.94. The van der Waals surface area contributed by atoms with Gasteiger partial charge in [0.05, 0.1) is 0 Å². The van der Waals surface area contributed by atoms with Crippen molar-refractivity contribution in [1.29, 1.82) is 0 Å². The Bertz CT molecular complexity index is 442. The second-order valence-electron chi connectivity index (χ2n) is 5.43. The van der Waals surface area contributed by atoms with E-state index < -0.39 is 0 Å². The van der Waals surface area contributed by atoms with E-state index in [-0.39, 0.29) is 11.8 Å². The minimum atomic E-state index is -0.0641. The van der Waals surface area contributed by atoms with Gasteiger partial charge in [0.15, 0.2) is 0 Å². The molecule has 1 N–H and O–H groups in total. The maximum Gasteiger partial charge on any atom is 0.293 e. The highest BCUT2D eigenvalue weighted by molar-refractivity contribution is 5.90. The van der Waals surface area contributed by atoms with Crippen LogP contribution in [0.3, 0.4) is 0 Å². The maximum absolute atomic E-state index is 12.3. The number of carbonyl (C=O) groups is 1. The summed E-state index contributed by atoms with van der Waals surface area (Å²) in [5, 5.41) is 6.87. The smallest absolute Gasteiger partial charge is 0.293 e. The quantitative estimate of drug-likeness (QED) is 0.888. The molecule has 1 aromatic heterocycles. The topological polar surface area (TPSA) is 65.1 Å². The van der Waals surface area contributed by atoms with Crippen molar-refractivity contribution in [3.63, 3.8) is 0 Å². The van der Waals surface area contributed by atoms with E-state index in [9.17, 15) is 4.79 Å². The second-order valence-corrected chi connectivity index (χ2v) is 5.43. The molecule has 0 aromatic carbocycles. The predicted molar refractivity (Wildman–Crippen MR) is 73.1 cm³/mol. The first-order chi connectivity index (χ1) is 9.02. The lowest BCUT2D eigenvalue weighted by molar-refractivity contribution is 0.0517. The van der Waals surface area contributed by atoms with Gasteiger partial charge in [-0.05, 0) is 13.5 Å². The lowest BCUT2D eigenvalue weighted by atomic mass is 10.2. The van der Waals surface area contributed by atoms with E-state index in [0.29, 0.717) is 11.9 Å². The lowest BCUT2D eigenvalue weighted by Gasteiger charge is -2.38. The molecule has 6 heteroatoms. The minimum absolute atomic E-state index is 0.0641. The van der Waals surface area contributed by atoms with Crippen LogP contribution in [0.4, 0.5) is 0 Å². The number of amides is 1. The largest absolute Gasteiger partial charge is 0.333 e. The van der Waals surface area contributed by atoms with Crippen molar-refractivity contribution in [2.45, 2.75) is 39.7 Å². The fourth-order valence-electron chi connectivity index (χ4n) is 2.42. The third-order valence-corrected chi connectivity index (χ3v) is 3.70. The zero-order valence-corrected chi connectivity index (χ0v) is 12.2. The van der Waals surface area contributed by atoms with E-state index >= 15 is 0 Å². The molecule has 0 radical (unpaired) electrons. The van der Waals surface area contributed by atoms with Gasteiger partial charge in [0.2, 0.25) is 5.82 Å². The molecule has 19 heavy (non-hydrogen) atoms. The number of aromatic amines is 1. The number of rotatable bonds is 3. The standard InChI is InChI=1S/C13H23N5O/c1-5-17-6-7-18(8-10(17)4)13(19)12-14-11(9(2)3)15-16-12/h9-10H,5-8H2,1-4H3,(H,14,15,16). The number of carbonyl (C=O) groups excluding carboxylic acids is 1. The summed E-state index contributed by atoms with van der Waals surface area (Å²) in [5.41, 5.74) is 0. The van der Waals surface area contributed by atoms with E-state index in [1.807, 2.05) is 18.7 Å². The Balaban J connectivity index is 2.03. The number of nitrogens with one attached hydrogen (secondary N) is 1. The van der Waals surface area contributed by atoms with Gasteiger partial charge in [0.1, 0.15) is 5.82 Å². The van der Waals surface area contributed by atoms with Crippen LogP contribution in [0.15, 0.2) is 0 Å². The average molecular weight is 265 g/mol. The van der Waals surface area contributed by atoms with Gasteiger partial charge in [-0.15, -0.1) is 5.10 Å². The summed E-state index contributed by atoms with van der Waals surface area (Å²) in [7, 11) is 0. The number of nitrogens with zero attached hydrogens (tertiary/aromatic N) is 4. The van der Waals surface area contributed by atoms with Crippen molar-refractivity contribution in [3.05, 3.63) is 11.6 Å².